The predicted octanol–water partition coefficient (Wildman–Crippen LogP) is 4.65. The number of carbonyl (C=O) groups is 3. The molecule has 0 saturated carbocycles. The Kier molecular flexibility index (Phi) is 7.58. The Hall–Kier alpha value is -3.87. The number of hydrogen-bond donors (Lipinski definition) is 1. The van der Waals surface area contributed by atoms with Crippen LogP contribution in [-0.2, 0) is 27.3 Å². The molecule has 188 valence electrons. The van der Waals surface area contributed by atoms with Crippen LogP contribution in [0.15, 0.2) is 54.6 Å². The van der Waals surface area contributed by atoms with Crippen LogP contribution in [0.4, 0.5) is 5.69 Å². The molecule has 0 aliphatic carbocycles. The topological polar surface area (TPSA) is 84.9 Å². The maximum Gasteiger partial charge on any atom is 0.337 e. The number of nitrogens with zero attached hydrogens (tertiary/aromatic N) is 1. The molecule has 7 nitrogen and oxygen atoms in total. The molecule has 0 unspecified atom stereocenters. The molecule has 3 aromatic rings. The van der Waals surface area contributed by atoms with Gasteiger partial charge in [0.25, 0.3) is 0 Å². The van der Waals surface area contributed by atoms with Gasteiger partial charge in [-0.1, -0.05) is 44.2 Å². The van der Waals surface area contributed by atoms with Gasteiger partial charge in [0.15, 0.2) is 0 Å². The summed E-state index contributed by atoms with van der Waals surface area (Å²) in [6, 6.07) is 16.3. The molecule has 0 saturated heterocycles. The summed E-state index contributed by atoms with van der Waals surface area (Å²) in [5.41, 5.74) is 3.15. The molecule has 0 radical (unpaired) electrons. The van der Waals surface area contributed by atoms with Crippen molar-refractivity contribution < 1.29 is 23.9 Å². The van der Waals surface area contributed by atoms with Gasteiger partial charge < -0.3 is 19.7 Å². The van der Waals surface area contributed by atoms with E-state index in [0.29, 0.717) is 30.6 Å². The Morgan fingerprint density at radius 2 is 1.89 bits per heavy atom. The van der Waals surface area contributed by atoms with Crippen LogP contribution in [0.25, 0.3) is 10.8 Å². The molecule has 0 fully saturated rings. The molecule has 1 aliphatic rings. The number of carbonyl (C=O) groups excluding carboxylic acids is 3. The maximum atomic E-state index is 13.9. The van der Waals surface area contributed by atoms with E-state index >= 15 is 0 Å². The maximum absolute atomic E-state index is 13.9. The van der Waals surface area contributed by atoms with Crippen molar-refractivity contribution in [1.82, 2.24) is 5.32 Å². The average molecular weight is 489 g/mol. The van der Waals surface area contributed by atoms with Gasteiger partial charge >= 0.3 is 5.97 Å². The van der Waals surface area contributed by atoms with Gasteiger partial charge in [0, 0.05) is 17.2 Å². The van der Waals surface area contributed by atoms with Gasteiger partial charge in [0.05, 0.1) is 26.3 Å². The zero-order valence-electron chi connectivity index (χ0n) is 21.2. The van der Waals surface area contributed by atoms with E-state index in [0.717, 1.165) is 27.6 Å². The van der Waals surface area contributed by atoms with Gasteiger partial charge in [0.2, 0.25) is 11.8 Å². The van der Waals surface area contributed by atoms with Gasteiger partial charge in [-0.05, 0) is 59.9 Å². The Labute approximate surface area is 211 Å². The van der Waals surface area contributed by atoms with Crippen molar-refractivity contribution in [3.8, 4) is 5.75 Å². The minimum absolute atomic E-state index is 0.111. The van der Waals surface area contributed by atoms with E-state index < -0.39 is 12.0 Å². The molecule has 0 aromatic heterocycles. The largest absolute Gasteiger partial charge is 0.496 e. The van der Waals surface area contributed by atoms with Gasteiger partial charge in [-0.25, -0.2) is 4.79 Å². The number of ether oxygens (including phenoxy) is 2. The van der Waals surface area contributed by atoms with E-state index in [1.807, 2.05) is 56.3 Å². The highest BCUT2D eigenvalue weighted by molar-refractivity contribution is 6.02. The summed E-state index contributed by atoms with van der Waals surface area (Å²) >= 11 is 0. The first-order chi connectivity index (χ1) is 17.4. The number of fused-ring (bicyclic) bond motifs is 2. The van der Waals surface area contributed by atoms with Crippen LogP contribution in [-0.4, -0.2) is 38.0 Å². The van der Waals surface area contributed by atoms with Gasteiger partial charge in [-0.15, -0.1) is 0 Å². The normalized spacial score (nSPS) is 16.2. The minimum atomic E-state index is -0.620. The Balaban J connectivity index is 1.78. The zero-order chi connectivity index (χ0) is 25.8. The molecular weight excluding hydrogens is 456 g/mol. The number of esters is 1. The lowest BCUT2D eigenvalue weighted by Crippen LogP contribution is -2.49. The number of benzene rings is 3. The molecule has 1 N–H and O–H groups in total. The van der Waals surface area contributed by atoms with Crippen molar-refractivity contribution in [1.29, 1.82) is 0 Å². The number of para-hydroxylation sites is 1. The SMILES string of the molecule is CC[C@@H](C)C(=O)N[C@H]1CCc2ccccc2N(Cc2c(OC)ccc3cc(C(=O)OC)ccc23)C1=O. The second-order valence-corrected chi connectivity index (χ2v) is 9.14. The quantitative estimate of drug-likeness (QED) is 0.490. The number of amides is 2. The lowest BCUT2D eigenvalue weighted by atomic mass is 10.00. The lowest BCUT2D eigenvalue weighted by molar-refractivity contribution is -0.129. The zero-order valence-corrected chi connectivity index (χ0v) is 21.2. The van der Waals surface area contributed by atoms with E-state index in [4.69, 9.17) is 9.47 Å². The molecular formula is C29H32N2O5. The number of hydrogen-bond acceptors (Lipinski definition) is 5. The standard InChI is InChI=1S/C29H32N2O5/c1-5-18(2)27(32)30-24-14-11-19-8-6-7-9-25(19)31(28(24)33)17-23-22-13-10-21(29(34)36-4)16-20(22)12-15-26(23)35-3/h6-10,12-13,15-16,18,24H,5,11,14,17H2,1-4H3,(H,30,32)/t18-,24+/m1/s1. The molecule has 0 bridgehead atoms. The summed E-state index contributed by atoms with van der Waals surface area (Å²) < 4.78 is 10.6. The Morgan fingerprint density at radius 1 is 1.11 bits per heavy atom. The number of aryl methyl sites for hydroxylation is 1. The van der Waals surface area contributed by atoms with Crippen molar-refractivity contribution in [2.75, 3.05) is 19.1 Å². The second-order valence-electron chi connectivity index (χ2n) is 9.14. The third-order valence-electron chi connectivity index (χ3n) is 6.97. The minimum Gasteiger partial charge on any atom is -0.496 e. The first-order valence-electron chi connectivity index (χ1n) is 12.3. The van der Waals surface area contributed by atoms with E-state index in [-0.39, 0.29) is 24.3 Å². The van der Waals surface area contributed by atoms with Crippen LogP contribution < -0.4 is 15.0 Å². The molecule has 1 aliphatic heterocycles. The molecule has 2 amide bonds. The summed E-state index contributed by atoms with van der Waals surface area (Å²) in [5, 5.41) is 4.70. The summed E-state index contributed by atoms with van der Waals surface area (Å²) in [6.45, 7) is 4.08. The van der Waals surface area contributed by atoms with Crippen molar-refractivity contribution in [2.24, 2.45) is 5.92 Å². The first-order valence-corrected chi connectivity index (χ1v) is 12.3. The van der Waals surface area contributed by atoms with Crippen molar-refractivity contribution in [3.05, 3.63) is 71.3 Å². The fourth-order valence-corrected chi connectivity index (χ4v) is 4.64. The fraction of sp³-hybridized carbons (Fsp3) is 0.345. The van der Waals surface area contributed by atoms with Crippen LogP contribution in [0.3, 0.4) is 0 Å². The van der Waals surface area contributed by atoms with Crippen molar-refractivity contribution >= 4 is 34.2 Å². The number of nitrogens with one attached hydrogen (secondary N) is 1. The lowest BCUT2D eigenvalue weighted by Gasteiger charge is -2.28. The van der Waals surface area contributed by atoms with Gasteiger partial charge in [-0.3, -0.25) is 9.59 Å². The summed E-state index contributed by atoms with van der Waals surface area (Å²) in [7, 11) is 2.95. The number of anilines is 1. The second kappa shape index (κ2) is 10.8. The highest BCUT2D eigenvalue weighted by atomic mass is 16.5. The van der Waals surface area contributed by atoms with Crippen LogP contribution in [0.1, 0.15) is 48.2 Å². The first kappa shape index (κ1) is 25.2. The van der Waals surface area contributed by atoms with E-state index in [2.05, 4.69) is 5.32 Å². The fourth-order valence-electron chi connectivity index (χ4n) is 4.64. The number of methoxy groups -OCH3 is 2. The van der Waals surface area contributed by atoms with Crippen molar-refractivity contribution in [3.63, 3.8) is 0 Å². The van der Waals surface area contributed by atoms with Crippen LogP contribution in [0.2, 0.25) is 0 Å². The molecule has 3 aromatic carbocycles. The Morgan fingerprint density at radius 3 is 2.61 bits per heavy atom. The molecule has 2 atom stereocenters. The highest BCUT2D eigenvalue weighted by Crippen LogP contribution is 2.34. The third kappa shape index (κ3) is 4.91. The summed E-state index contributed by atoms with van der Waals surface area (Å²) in [6.07, 6.45) is 1.92. The van der Waals surface area contributed by atoms with Crippen LogP contribution >= 0.6 is 0 Å². The van der Waals surface area contributed by atoms with Gasteiger partial charge in [-0.2, -0.15) is 0 Å². The monoisotopic (exact) mass is 488 g/mol. The number of rotatable bonds is 7. The summed E-state index contributed by atoms with van der Waals surface area (Å²) in [4.78, 5) is 40.4. The predicted molar refractivity (Wildman–Crippen MR) is 139 cm³/mol. The summed E-state index contributed by atoms with van der Waals surface area (Å²) in [5.74, 6) is -0.199. The highest BCUT2D eigenvalue weighted by Gasteiger charge is 2.33. The smallest absolute Gasteiger partial charge is 0.337 e. The average Bonchev–Trinajstić information content (AvgIpc) is 3.04. The molecule has 7 heteroatoms. The Bertz CT molecular complexity index is 1300. The van der Waals surface area contributed by atoms with E-state index in [1.165, 1.54) is 7.11 Å². The van der Waals surface area contributed by atoms with Crippen molar-refractivity contribution in [2.45, 2.75) is 45.7 Å². The van der Waals surface area contributed by atoms with E-state index in [9.17, 15) is 14.4 Å². The van der Waals surface area contributed by atoms with Crippen LogP contribution in [0, 0.1) is 5.92 Å². The molecule has 4 rings (SSSR count). The van der Waals surface area contributed by atoms with E-state index in [1.54, 1.807) is 24.1 Å². The van der Waals surface area contributed by atoms with Crippen LogP contribution in [0.5, 0.6) is 5.75 Å². The van der Waals surface area contributed by atoms with Gasteiger partial charge in [0.1, 0.15) is 11.8 Å². The molecule has 36 heavy (non-hydrogen) atoms. The third-order valence-corrected chi connectivity index (χ3v) is 6.97. The molecule has 0 spiro atoms. The molecule has 1 heterocycles.